The van der Waals surface area contributed by atoms with Gasteiger partial charge in [0, 0.05) is 18.6 Å². The molecule has 0 amide bonds. The summed E-state index contributed by atoms with van der Waals surface area (Å²) < 4.78 is 0. The normalized spacial score (nSPS) is 12.5. The SMILES string of the molecule is CCCNCCN(C)C(C)(C)C. The molecule has 0 fully saturated rings. The molecule has 0 rings (SSSR count). The molecule has 2 nitrogen and oxygen atoms in total. The lowest BCUT2D eigenvalue weighted by Crippen LogP contribution is -2.42. The highest BCUT2D eigenvalue weighted by molar-refractivity contribution is 4.72. The largest absolute Gasteiger partial charge is 0.315 e. The minimum absolute atomic E-state index is 0.299. The number of likely N-dealkylation sites (N-methyl/N-ethyl adjacent to an activating group) is 1. The van der Waals surface area contributed by atoms with Gasteiger partial charge in [-0.2, -0.15) is 0 Å². The fourth-order valence-corrected chi connectivity index (χ4v) is 0.884. The molecular formula is C10H24N2. The molecule has 0 aromatic carbocycles. The summed E-state index contributed by atoms with van der Waals surface area (Å²) in [6, 6.07) is 0. The Balaban J connectivity index is 3.38. The molecule has 0 aromatic rings. The van der Waals surface area contributed by atoms with E-state index in [0.717, 1.165) is 19.6 Å². The van der Waals surface area contributed by atoms with E-state index in [4.69, 9.17) is 0 Å². The molecule has 0 saturated carbocycles. The maximum absolute atomic E-state index is 3.40. The van der Waals surface area contributed by atoms with Gasteiger partial charge in [-0.25, -0.2) is 0 Å². The van der Waals surface area contributed by atoms with Crippen LogP contribution in [0.4, 0.5) is 0 Å². The van der Waals surface area contributed by atoms with Crippen LogP contribution in [0.25, 0.3) is 0 Å². The maximum Gasteiger partial charge on any atom is 0.0122 e. The van der Waals surface area contributed by atoms with Gasteiger partial charge in [0.15, 0.2) is 0 Å². The number of hydrogen-bond donors (Lipinski definition) is 1. The van der Waals surface area contributed by atoms with E-state index < -0.39 is 0 Å². The van der Waals surface area contributed by atoms with Crippen LogP contribution in [0.3, 0.4) is 0 Å². The lowest BCUT2D eigenvalue weighted by Gasteiger charge is -2.31. The van der Waals surface area contributed by atoms with Gasteiger partial charge in [0.25, 0.3) is 0 Å². The first-order valence-electron chi connectivity index (χ1n) is 4.90. The van der Waals surface area contributed by atoms with Crippen LogP contribution in [-0.2, 0) is 0 Å². The minimum Gasteiger partial charge on any atom is -0.315 e. The van der Waals surface area contributed by atoms with Crippen LogP contribution in [-0.4, -0.2) is 37.1 Å². The summed E-state index contributed by atoms with van der Waals surface area (Å²) in [6.07, 6.45) is 1.22. The highest BCUT2D eigenvalue weighted by atomic mass is 15.2. The Morgan fingerprint density at radius 1 is 1.17 bits per heavy atom. The Labute approximate surface area is 77.3 Å². The predicted molar refractivity (Wildman–Crippen MR) is 55.5 cm³/mol. The van der Waals surface area contributed by atoms with Gasteiger partial charge in [-0.1, -0.05) is 6.92 Å². The van der Waals surface area contributed by atoms with Crippen molar-refractivity contribution >= 4 is 0 Å². The van der Waals surface area contributed by atoms with E-state index >= 15 is 0 Å². The van der Waals surface area contributed by atoms with Crippen LogP contribution in [0.15, 0.2) is 0 Å². The second-order valence-corrected chi connectivity index (χ2v) is 4.34. The van der Waals surface area contributed by atoms with Gasteiger partial charge in [0.2, 0.25) is 0 Å². The Hall–Kier alpha value is -0.0800. The van der Waals surface area contributed by atoms with Crippen LogP contribution in [0.1, 0.15) is 34.1 Å². The Kier molecular flexibility index (Phi) is 5.51. The molecule has 2 heteroatoms. The fraction of sp³-hybridized carbons (Fsp3) is 1.00. The first-order chi connectivity index (χ1) is 5.48. The average molecular weight is 172 g/mol. The smallest absolute Gasteiger partial charge is 0.0122 e. The van der Waals surface area contributed by atoms with Crippen LogP contribution >= 0.6 is 0 Å². The van der Waals surface area contributed by atoms with Crippen molar-refractivity contribution in [3.63, 3.8) is 0 Å². The third-order valence-electron chi connectivity index (χ3n) is 2.20. The van der Waals surface area contributed by atoms with Crippen molar-refractivity contribution in [3.8, 4) is 0 Å². The van der Waals surface area contributed by atoms with Crippen molar-refractivity contribution in [2.45, 2.75) is 39.7 Å². The maximum atomic E-state index is 3.40. The van der Waals surface area contributed by atoms with Gasteiger partial charge >= 0.3 is 0 Å². The Morgan fingerprint density at radius 3 is 2.17 bits per heavy atom. The van der Waals surface area contributed by atoms with E-state index in [0.29, 0.717) is 5.54 Å². The van der Waals surface area contributed by atoms with Gasteiger partial charge in [-0.3, -0.25) is 0 Å². The number of nitrogens with zero attached hydrogens (tertiary/aromatic N) is 1. The molecule has 0 aliphatic rings. The lowest BCUT2D eigenvalue weighted by molar-refractivity contribution is 0.177. The Bertz CT molecular complexity index is 105. The number of hydrogen-bond acceptors (Lipinski definition) is 2. The number of nitrogens with one attached hydrogen (secondary N) is 1. The molecule has 0 aliphatic heterocycles. The average Bonchev–Trinajstić information content (AvgIpc) is 1.96. The summed E-state index contributed by atoms with van der Waals surface area (Å²) >= 11 is 0. The predicted octanol–water partition coefficient (Wildman–Crippen LogP) is 1.72. The van der Waals surface area contributed by atoms with Crippen molar-refractivity contribution in [3.05, 3.63) is 0 Å². The monoisotopic (exact) mass is 172 g/mol. The van der Waals surface area contributed by atoms with Crippen molar-refractivity contribution in [1.29, 1.82) is 0 Å². The van der Waals surface area contributed by atoms with Crippen LogP contribution < -0.4 is 5.32 Å². The van der Waals surface area contributed by atoms with Crippen molar-refractivity contribution in [2.24, 2.45) is 0 Å². The van der Waals surface area contributed by atoms with Crippen molar-refractivity contribution in [1.82, 2.24) is 10.2 Å². The highest BCUT2D eigenvalue weighted by Gasteiger charge is 2.15. The van der Waals surface area contributed by atoms with Gasteiger partial charge in [-0.15, -0.1) is 0 Å². The molecule has 0 unspecified atom stereocenters. The zero-order chi connectivity index (χ0) is 9.61. The van der Waals surface area contributed by atoms with Crippen molar-refractivity contribution in [2.75, 3.05) is 26.7 Å². The topological polar surface area (TPSA) is 15.3 Å². The molecule has 12 heavy (non-hydrogen) atoms. The molecule has 0 atom stereocenters. The van der Waals surface area contributed by atoms with Crippen LogP contribution in [0.5, 0.6) is 0 Å². The zero-order valence-electron chi connectivity index (χ0n) is 9.28. The van der Waals surface area contributed by atoms with E-state index in [1.807, 2.05) is 0 Å². The Morgan fingerprint density at radius 2 is 1.75 bits per heavy atom. The molecular weight excluding hydrogens is 148 g/mol. The third-order valence-corrected chi connectivity index (χ3v) is 2.20. The lowest BCUT2D eigenvalue weighted by atomic mass is 10.1. The summed E-state index contributed by atoms with van der Waals surface area (Å²) in [6.45, 7) is 12.3. The minimum atomic E-state index is 0.299. The molecule has 0 aliphatic carbocycles. The molecule has 0 heterocycles. The first kappa shape index (κ1) is 11.9. The summed E-state index contributed by atoms with van der Waals surface area (Å²) in [5, 5.41) is 3.40. The third kappa shape index (κ3) is 5.56. The number of rotatable bonds is 5. The highest BCUT2D eigenvalue weighted by Crippen LogP contribution is 2.08. The van der Waals surface area contributed by atoms with Crippen molar-refractivity contribution < 1.29 is 0 Å². The molecule has 0 aromatic heterocycles. The van der Waals surface area contributed by atoms with Crippen LogP contribution in [0, 0.1) is 0 Å². The molecule has 0 spiro atoms. The molecule has 0 bridgehead atoms. The zero-order valence-corrected chi connectivity index (χ0v) is 9.28. The van der Waals surface area contributed by atoms with E-state index in [2.05, 4.69) is 45.0 Å². The first-order valence-corrected chi connectivity index (χ1v) is 4.90. The summed E-state index contributed by atoms with van der Waals surface area (Å²) in [7, 11) is 2.17. The molecule has 0 saturated heterocycles. The molecule has 1 N–H and O–H groups in total. The molecule has 0 radical (unpaired) electrons. The quantitative estimate of drug-likeness (QED) is 0.635. The molecule has 74 valence electrons. The standard InChI is InChI=1S/C10H24N2/c1-6-7-11-8-9-12(5)10(2,3)4/h11H,6-9H2,1-5H3. The van der Waals surface area contributed by atoms with Gasteiger partial charge in [0.1, 0.15) is 0 Å². The van der Waals surface area contributed by atoms with E-state index in [1.54, 1.807) is 0 Å². The van der Waals surface area contributed by atoms with E-state index in [-0.39, 0.29) is 0 Å². The van der Waals surface area contributed by atoms with Gasteiger partial charge < -0.3 is 10.2 Å². The van der Waals surface area contributed by atoms with Gasteiger partial charge in [-0.05, 0) is 40.8 Å². The van der Waals surface area contributed by atoms with Gasteiger partial charge in [0.05, 0.1) is 0 Å². The van der Waals surface area contributed by atoms with Crippen LogP contribution in [0.2, 0.25) is 0 Å². The fourth-order valence-electron chi connectivity index (χ4n) is 0.884. The van der Waals surface area contributed by atoms with E-state index in [9.17, 15) is 0 Å². The summed E-state index contributed by atoms with van der Waals surface area (Å²) in [5.41, 5.74) is 0.299. The second kappa shape index (κ2) is 5.55. The summed E-state index contributed by atoms with van der Waals surface area (Å²) in [4.78, 5) is 2.37. The van der Waals surface area contributed by atoms with E-state index in [1.165, 1.54) is 6.42 Å². The second-order valence-electron chi connectivity index (χ2n) is 4.34. The summed E-state index contributed by atoms with van der Waals surface area (Å²) in [5.74, 6) is 0.